The molecule has 3 amide bonds. The number of likely N-dealkylation sites (tertiary alicyclic amines) is 1. The van der Waals surface area contributed by atoms with Crippen molar-refractivity contribution in [2.24, 2.45) is 0 Å². The van der Waals surface area contributed by atoms with Crippen LogP contribution in [0.15, 0.2) is 42.5 Å². The number of benzene rings is 2. The van der Waals surface area contributed by atoms with Crippen molar-refractivity contribution < 1.29 is 24.2 Å². The van der Waals surface area contributed by atoms with E-state index in [-0.39, 0.29) is 12.0 Å². The first kappa shape index (κ1) is 21.4. The molecule has 1 aliphatic heterocycles. The third-order valence-corrected chi connectivity index (χ3v) is 5.04. The molecule has 3 rings (SSSR count). The number of piperidine rings is 1. The SMILES string of the molecule is COc1ccc(NC(=O)Nc2ccc(CC(=O)N3CCC(O)CC3)cc2)c(OC)c1. The Hall–Kier alpha value is -3.26. The zero-order chi connectivity index (χ0) is 21.5. The van der Waals surface area contributed by atoms with E-state index in [2.05, 4.69) is 10.6 Å². The summed E-state index contributed by atoms with van der Waals surface area (Å²) in [6, 6.07) is 11.9. The van der Waals surface area contributed by atoms with Crippen molar-refractivity contribution in [3.63, 3.8) is 0 Å². The first-order valence-corrected chi connectivity index (χ1v) is 9.83. The van der Waals surface area contributed by atoms with E-state index in [1.54, 1.807) is 42.3 Å². The van der Waals surface area contributed by atoms with E-state index in [1.165, 1.54) is 7.11 Å². The number of nitrogens with one attached hydrogen (secondary N) is 2. The first-order valence-electron chi connectivity index (χ1n) is 9.83. The van der Waals surface area contributed by atoms with Crippen LogP contribution in [0.5, 0.6) is 11.5 Å². The van der Waals surface area contributed by atoms with Gasteiger partial charge in [0.1, 0.15) is 11.5 Å². The van der Waals surface area contributed by atoms with Gasteiger partial charge in [-0.1, -0.05) is 12.1 Å². The summed E-state index contributed by atoms with van der Waals surface area (Å²) < 4.78 is 10.4. The lowest BCUT2D eigenvalue weighted by Gasteiger charge is -2.29. The molecule has 8 nitrogen and oxygen atoms in total. The summed E-state index contributed by atoms with van der Waals surface area (Å²) >= 11 is 0. The van der Waals surface area contributed by atoms with Crippen LogP contribution in [-0.4, -0.2) is 55.4 Å². The number of anilines is 2. The second-order valence-corrected chi connectivity index (χ2v) is 7.13. The highest BCUT2D eigenvalue weighted by Gasteiger charge is 2.21. The van der Waals surface area contributed by atoms with Gasteiger partial charge in [0.15, 0.2) is 0 Å². The van der Waals surface area contributed by atoms with E-state index in [0.717, 1.165) is 5.56 Å². The maximum Gasteiger partial charge on any atom is 0.323 e. The second kappa shape index (κ2) is 9.98. The molecule has 8 heteroatoms. The number of amides is 3. The summed E-state index contributed by atoms with van der Waals surface area (Å²) in [4.78, 5) is 26.5. The van der Waals surface area contributed by atoms with E-state index in [9.17, 15) is 14.7 Å². The van der Waals surface area contributed by atoms with Crippen molar-refractivity contribution in [2.75, 3.05) is 37.9 Å². The molecular weight excluding hydrogens is 386 g/mol. The molecule has 0 aliphatic carbocycles. The summed E-state index contributed by atoms with van der Waals surface area (Å²) in [7, 11) is 3.08. The minimum atomic E-state index is -0.408. The predicted octanol–water partition coefficient (Wildman–Crippen LogP) is 2.87. The summed E-state index contributed by atoms with van der Waals surface area (Å²) in [5, 5.41) is 15.1. The first-order chi connectivity index (χ1) is 14.5. The van der Waals surface area contributed by atoms with Crippen LogP contribution < -0.4 is 20.1 Å². The van der Waals surface area contributed by atoms with Crippen LogP contribution in [0.2, 0.25) is 0 Å². The van der Waals surface area contributed by atoms with Gasteiger partial charge in [0.25, 0.3) is 0 Å². The molecule has 1 fully saturated rings. The minimum Gasteiger partial charge on any atom is -0.497 e. The highest BCUT2D eigenvalue weighted by atomic mass is 16.5. The summed E-state index contributed by atoms with van der Waals surface area (Å²) in [5.74, 6) is 1.17. The van der Waals surface area contributed by atoms with Crippen molar-refractivity contribution in [1.82, 2.24) is 4.90 Å². The number of nitrogens with zero attached hydrogens (tertiary/aromatic N) is 1. The monoisotopic (exact) mass is 413 g/mol. The van der Waals surface area contributed by atoms with Crippen molar-refractivity contribution in [3.05, 3.63) is 48.0 Å². The number of carbonyl (C=O) groups excluding carboxylic acids is 2. The third-order valence-electron chi connectivity index (χ3n) is 5.04. The average Bonchev–Trinajstić information content (AvgIpc) is 2.75. The second-order valence-electron chi connectivity index (χ2n) is 7.13. The number of aliphatic hydroxyl groups is 1. The van der Waals surface area contributed by atoms with Gasteiger partial charge < -0.3 is 30.1 Å². The van der Waals surface area contributed by atoms with Crippen LogP contribution in [0.3, 0.4) is 0 Å². The molecule has 1 saturated heterocycles. The number of hydrogen-bond donors (Lipinski definition) is 3. The topological polar surface area (TPSA) is 100 Å². The predicted molar refractivity (Wildman–Crippen MR) is 114 cm³/mol. The van der Waals surface area contributed by atoms with E-state index < -0.39 is 6.03 Å². The van der Waals surface area contributed by atoms with Crippen LogP contribution in [-0.2, 0) is 11.2 Å². The van der Waals surface area contributed by atoms with Crippen molar-refractivity contribution >= 4 is 23.3 Å². The van der Waals surface area contributed by atoms with Crippen molar-refractivity contribution in [2.45, 2.75) is 25.4 Å². The summed E-state index contributed by atoms with van der Waals surface area (Å²) in [5.41, 5.74) is 2.00. The fourth-order valence-corrected chi connectivity index (χ4v) is 3.29. The maximum atomic E-state index is 12.4. The van der Waals surface area contributed by atoms with E-state index in [1.807, 2.05) is 12.1 Å². The molecule has 0 spiro atoms. The lowest BCUT2D eigenvalue weighted by atomic mass is 10.1. The van der Waals surface area contributed by atoms with Crippen LogP contribution in [0, 0.1) is 0 Å². The van der Waals surface area contributed by atoms with E-state index in [0.29, 0.717) is 55.2 Å². The van der Waals surface area contributed by atoms with Gasteiger partial charge in [0.2, 0.25) is 5.91 Å². The molecule has 1 heterocycles. The molecule has 2 aromatic rings. The number of ether oxygens (including phenoxy) is 2. The Balaban J connectivity index is 1.54. The lowest BCUT2D eigenvalue weighted by molar-refractivity contribution is -0.132. The van der Waals surface area contributed by atoms with E-state index >= 15 is 0 Å². The quantitative estimate of drug-likeness (QED) is 0.676. The maximum absolute atomic E-state index is 12.4. The molecule has 0 unspecified atom stereocenters. The molecule has 0 saturated carbocycles. The zero-order valence-corrected chi connectivity index (χ0v) is 17.2. The Kier molecular flexibility index (Phi) is 7.13. The number of carbonyl (C=O) groups is 2. The summed E-state index contributed by atoms with van der Waals surface area (Å²) in [6.07, 6.45) is 1.25. The largest absolute Gasteiger partial charge is 0.497 e. The fourth-order valence-electron chi connectivity index (χ4n) is 3.29. The molecule has 0 atom stereocenters. The van der Waals surface area contributed by atoms with Crippen molar-refractivity contribution in [3.8, 4) is 11.5 Å². The van der Waals surface area contributed by atoms with Gasteiger partial charge in [-0.25, -0.2) is 4.79 Å². The lowest BCUT2D eigenvalue weighted by Crippen LogP contribution is -2.40. The van der Waals surface area contributed by atoms with Gasteiger partial charge in [-0.05, 0) is 42.7 Å². The van der Waals surface area contributed by atoms with Crippen LogP contribution in [0.1, 0.15) is 18.4 Å². The Labute approximate surface area is 175 Å². The molecule has 30 heavy (non-hydrogen) atoms. The van der Waals surface area contributed by atoms with Gasteiger partial charge in [0.05, 0.1) is 32.4 Å². The fraction of sp³-hybridized carbons (Fsp3) is 0.364. The summed E-state index contributed by atoms with van der Waals surface area (Å²) in [6.45, 7) is 1.18. The van der Waals surface area contributed by atoms with E-state index in [4.69, 9.17) is 9.47 Å². The molecule has 1 aliphatic rings. The molecular formula is C22H27N3O5. The Morgan fingerprint density at radius 2 is 1.73 bits per heavy atom. The Morgan fingerprint density at radius 1 is 1.03 bits per heavy atom. The number of rotatable bonds is 6. The Morgan fingerprint density at radius 3 is 2.37 bits per heavy atom. The average molecular weight is 413 g/mol. The highest BCUT2D eigenvalue weighted by Crippen LogP contribution is 2.29. The zero-order valence-electron chi connectivity index (χ0n) is 17.2. The number of hydrogen-bond acceptors (Lipinski definition) is 5. The molecule has 0 aromatic heterocycles. The highest BCUT2D eigenvalue weighted by molar-refractivity contribution is 6.00. The van der Waals surface area contributed by atoms with Crippen LogP contribution in [0.25, 0.3) is 0 Å². The van der Waals surface area contributed by atoms with Crippen molar-refractivity contribution in [1.29, 1.82) is 0 Å². The minimum absolute atomic E-state index is 0.0481. The van der Waals surface area contributed by atoms with Gasteiger partial charge in [0, 0.05) is 24.8 Å². The molecule has 2 aromatic carbocycles. The normalized spacial score (nSPS) is 14.2. The van der Waals surface area contributed by atoms with Gasteiger partial charge >= 0.3 is 6.03 Å². The standard InChI is InChI=1S/C22H27N3O5/c1-29-18-7-8-19(20(14-18)30-2)24-22(28)23-16-5-3-15(4-6-16)13-21(27)25-11-9-17(26)10-12-25/h3-8,14,17,26H,9-13H2,1-2H3,(H2,23,24,28). The van der Waals surface area contributed by atoms with Gasteiger partial charge in [-0.3, -0.25) is 4.79 Å². The Bertz CT molecular complexity index is 877. The van der Waals surface area contributed by atoms with Gasteiger partial charge in [-0.15, -0.1) is 0 Å². The molecule has 0 bridgehead atoms. The van der Waals surface area contributed by atoms with Crippen LogP contribution in [0.4, 0.5) is 16.2 Å². The number of urea groups is 1. The third kappa shape index (κ3) is 5.64. The molecule has 160 valence electrons. The smallest absolute Gasteiger partial charge is 0.323 e. The number of aliphatic hydroxyl groups excluding tert-OH is 1. The number of methoxy groups -OCH3 is 2. The molecule has 0 radical (unpaired) electrons. The van der Waals surface area contributed by atoms with Gasteiger partial charge in [-0.2, -0.15) is 0 Å². The molecule has 3 N–H and O–H groups in total. The van der Waals surface area contributed by atoms with Crippen LogP contribution >= 0.6 is 0 Å².